The van der Waals surface area contributed by atoms with Crippen LogP contribution in [0.4, 0.5) is 10.5 Å². The lowest BCUT2D eigenvalue weighted by Crippen LogP contribution is -2.62. The molecule has 9 nitrogen and oxygen atoms in total. The summed E-state index contributed by atoms with van der Waals surface area (Å²) in [5.74, 6) is -0.0584. The molecule has 3 saturated carbocycles. The van der Waals surface area contributed by atoms with E-state index in [-0.39, 0.29) is 35.9 Å². The monoisotopic (exact) mass is 594 g/mol. The van der Waals surface area contributed by atoms with Crippen LogP contribution in [0.2, 0.25) is 0 Å². The molecule has 9 heteroatoms. The Balaban J connectivity index is 1.31. The number of benzene rings is 1. The van der Waals surface area contributed by atoms with E-state index in [1.165, 1.54) is 0 Å². The highest BCUT2D eigenvalue weighted by Gasteiger charge is 2.74. The smallest absolute Gasteiger partial charge is 0.407 e. The average molecular weight is 595 g/mol. The molecular weight excluding hydrogens is 548 g/mol. The van der Waals surface area contributed by atoms with Crippen LogP contribution in [0.1, 0.15) is 77.7 Å². The number of rotatable bonds is 10. The SMILES string of the molecule is CC/C=C\C(=O)/C=C1/CC[C@@H]2[C@@H](C1)[C@@H](O)C[C@@]1(C)[C@H]2C[C@H]2OC(CCC)O[C@]21C(=O)COC(=O)NCc1ccc(N)cc1. The lowest BCUT2D eigenvalue weighted by molar-refractivity contribution is -0.194. The maximum Gasteiger partial charge on any atom is 0.407 e. The van der Waals surface area contributed by atoms with E-state index in [9.17, 15) is 19.5 Å². The van der Waals surface area contributed by atoms with E-state index in [0.717, 1.165) is 36.8 Å². The van der Waals surface area contributed by atoms with Crippen LogP contribution in [0.15, 0.2) is 48.1 Å². The van der Waals surface area contributed by atoms with E-state index >= 15 is 0 Å². The van der Waals surface area contributed by atoms with Crippen LogP contribution in [-0.4, -0.2) is 53.5 Å². The van der Waals surface area contributed by atoms with E-state index in [1.54, 1.807) is 24.3 Å². The first-order chi connectivity index (χ1) is 20.6. The molecule has 234 valence electrons. The Hall–Kier alpha value is -3.01. The van der Waals surface area contributed by atoms with Crippen molar-refractivity contribution in [2.75, 3.05) is 12.3 Å². The van der Waals surface area contributed by atoms with E-state index in [4.69, 9.17) is 19.9 Å². The molecule has 1 unspecified atom stereocenters. The van der Waals surface area contributed by atoms with Crippen LogP contribution in [0.25, 0.3) is 0 Å². The number of aliphatic hydroxyl groups excluding tert-OH is 1. The number of hydrogen-bond donors (Lipinski definition) is 3. The average Bonchev–Trinajstić information content (AvgIpc) is 3.47. The number of amides is 1. The first-order valence-electron chi connectivity index (χ1n) is 15.8. The first kappa shape index (κ1) is 31.4. The van der Waals surface area contributed by atoms with Crippen molar-refractivity contribution in [3.8, 4) is 0 Å². The number of Topliss-reactive ketones (excluding diaryl/α,β-unsaturated/α-hetero) is 1. The minimum atomic E-state index is -1.31. The molecule has 1 amide bonds. The molecule has 43 heavy (non-hydrogen) atoms. The summed E-state index contributed by atoms with van der Waals surface area (Å²) in [7, 11) is 0. The molecule has 0 aromatic heterocycles. The zero-order chi connectivity index (χ0) is 30.8. The van der Waals surface area contributed by atoms with Crippen molar-refractivity contribution in [3.05, 3.63) is 53.6 Å². The van der Waals surface area contributed by atoms with Crippen molar-refractivity contribution in [3.63, 3.8) is 0 Å². The predicted molar refractivity (Wildman–Crippen MR) is 162 cm³/mol. The van der Waals surface area contributed by atoms with Crippen LogP contribution in [0, 0.1) is 23.2 Å². The van der Waals surface area contributed by atoms with E-state index in [1.807, 2.05) is 32.1 Å². The number of anilines is 1. The van der Waals surface area contributed by atoms with Crippen molar-refractivity contribution in [2.24, 2.45) is 23.2 Å². The van der Waals surface area contributed by atoms with Crippen molar-refractivity contribution in [1.82, 2.24) is 5.32 Å². The third kappa shape index (κ3) is 6.04. The highest BCUT2D eigenvalue weighted by Crippen LogP contribution is 2.67. The number of nitrogens with two attached hydrogens (primary N) is 1. The van der Waals surface area contributed by atoms with E-state index in [2.05, 4.69) is 12.2 Å². The number of fused-ring (bicyclic) bond motifs is 5. The topological polar surface area (TPSA) is 137 Å². The highest BCUT2D eigenvalue weighted by molar-refractivity contribution is 5.99. The van der Waals surface area contributed by atoms with Gasteiger partial charge in [0, 0.05) is 17.6 Å². The third-order valence-electron chi connectivity index (χ3n) is 10.3. The van der Waals surface area contributed by atoms with Crippen molar-refractivity contribution < 1.29 is 33.7 Å². The largest absolute Gasteiger partial charge is 0.441 e. The summed E-state index contributed by atoms with van der Waals surface area (Å²) in [5.41, 5.74) is 6.30. The molecule has 0 radical (unpaired) electrons. The second-order valence-corrected chi connectivity index (χ2v) is 12.9. The van der Waals surface area contributed by atoms with Crippen LogP contribution in [-0.2, 0) is 30.3 Å². The van der Waals surface area contributed by atoms with Gasteiger partial charge in [0.1, 0.15) is 0 Å². The second kappa shape index (κ2) is 12.9. The zero-order valence-corrected chi connectivity index (χ0v) is 25.6. The highest BCUT2D eigenvalue weighted by atomic mass is 16.7. The maximum absolute atomic E-state index is 14.1. The molecule has 1 aromatic rings. The molecule has 4 fully saturated rings. The van der Waals surface area contributed by atoms with Crippen LogP contribution in [0.3, 0.4) is 0 Å². The fourth-order valence-corrected chi connectivity index (χ4v) is 8.30. The number of aliphatic hydroxyl groups is 1. The summed E-state index contributed by atoms with van der Waals surface area (Å²) in [4.78, 5) is 39.1. The summed E-state index contributed by atoms with van der Waals surface area (Å²) >= 11 is 0. The number of ether oxygens (including phenoxy) is 3. The predicted octanol–water partition coefficient (Wildman–Crippen LogP) is 5.01. The third-order valence-corrected chi connectivity index (χ3v) is 10.3. The Labute approximate surface area is 254 Å². The molecular formula is C34H46N2O7. The van der Waals surface area contributed by atoms with Gasteiger partial charge in [0.2, 0.25) is 5.78 Å². The Morgan fingerprint density at radius 1 is 1.19 bits per heavy atom. The molecule has 5 rings (SSSR count). The van der Waals surface area contributed by atoms with Gasteiger partial charge in [-0.2, -0.15) is 0 Å². The number of allylic oxidation sites excluding steroid dienone is 4. The van der Waals surface area contributed by atoms with Crippen molar-refractivity contribution >= 4 is 23.3 Å². The molecule has 1 aromatic carbocycles. The number of nitrogen functional groups attached to an aromatic ring is 1. The number of ketones is 2. The van der Waals surface area contributed by atoms with E-state index in [0.29, 0.717) is 31.4 Å². The van der Waals surface area contributed by atoms with Gasteiger partial charge in [-0.25, -0.2) is 4.79 Å². The van der Waals surface area contributed by atoms with Gasteiger partial charge in [-0.1, -0.05) is 51.0 Å². The molecule has 1 heterocycles. The maximum atomic E-state index is 14.1. The van der Waals surface area contributed by atoms with Gasteiger partial charge in [-0.15, -0.1) is 0 Å². The van der Waals surface area contributed by atoms with Crippen LogP contribution >= 0.6 is 0 Å². The van der Waals surface area contributed by atoms with Gasteiger partial charge in [0.25, 0.3) is 0 Å². The lowest BCUT2D eigenvalue weighted by atomic mass is 9.52. The summed E-state index contributed by atoms with van der Waals surface area (Å²) in [6, 6.07) is 7.13. The fourth-order valence-electron chi connectivity index (χ4n) is 8.30. The second-order valence-electron chi connectivity index (χ2n) is 12.9. The fraction of sp³-hybridized carbons (Fsp3) is 0.618. The lowest BCUT2D eigenvalue weighted by Gasteiger charge is -2.55. The van der Waals surface area contributed by atoms with Gasteiger partial charge in [-0.3, -0.25) is 9.59 Å². The number of hydrogen-bond acceptors (Lipinski definition) is 8. The van der Waals surface area contributed by atoms with Crippen LogP contribution in [0.5, 0.6) is 0 Å². The minimum Gasteiger partial charge on any atom is -0.441 e. The minimum absolute atomic E-state index is 0.00773. The number of nitrogens with one attached hydrogen (secondary N) is 1. The van der Waals surface area contributed by atoms with Crippen LogP contribution < -0.4 is 11.1 Å². The molecule has 1 aliphatic heterocycles. The molecule has 1 saturated heterocycles. The van der Waals surface area contributed by atoms with Gasteiger partial charge < -0.3 is 30.4 Å². The summed E-state index contributed by atoms with van der Waals surface area (Å²) < 4.78 is 18.4. The summed E-state index contributed by atoms with van der Waals surface area (Å²) in [6.45, 7) is 5.88. The molecule has 4 N–H and O–H groups in total. The first-order valence-corrected chi connectivity index (χ1v) is 15.8. The number of carbonyl (C=O) groups excluding carboxylic acids is 3. The molecule has 0 bridgehead atoms. The van der Waals surface area contributed by atoms with Crippen molar-refractivity contribution in [1.29, 1.82) is 0 Å². The Bertz CT molecular complexity index is 1260. The van der Waals surface area contributed by atoms with Gasteiger partial charge in [0.05, 0.1) is 12.2 Å². The quantitative estimate of drug-likeness (QED) is 0.254. The molecule has 4 aliphatic rings. The summed E-state index contributed by atoms with van der Waals surface area (Å²) in [5, 5.41) is 14.3. The van der Waals surface area contributed by atoms with E-state index < -0.39 is 42.2 Å². The standard InChI is InChI=1S/C34H46N2O7/c1-4-6-8-24(37)15-22-11-14-25-26(16-22)28(38)18-33(3)27(25)17-30-34(33,43-31(42-30)7-5-2)29(39)20-41-32(40)36-19-21-9-12-23(35)13-10-21/h6,8-10,12-13,15,25-28,30-31,38H,4-5,7,11,14,16-20,35H2,1-3H3,(H,36,40)/b8-6-,22-15-/t25-,26-,27+,28+,30-,31?,33+,34-/m1/s1. The van der Waals surface area contributed by atoms with Gasteiger partial charge >= 0.3 is 6.09 Å². The Kier molecular flexibility index (Phi) is 9.44. The summed E-state index contributed by atoms with van der Waals surface area (Å²) in [6.07, 6.45) is 8.47. The Morgan fingerprint density at radius 2 is 1.95 bits per heavy atom. The molecule has 8 atom stereocenters. The molecule has 3 aliphatic carbocycles. The molecule has 0 spiro atoms. The van der Waals surface area contributed by atoms with Crippen molar-refractivity contribution in [2.45, 2.75) is 103 Å². The normalized spacial score (nSPS) is 35.8. The Morgan fingerprint density at radius 3 is 2.67 bits per heavy atom. The van der Waals surface area contributed by atoms with Gasteiger partial charge in [0.15, 0.2) is 24.3 Å². The zero-order valence-electron chi connectivity index (χ0n) is 25.6. The number of alkyl carbamates (subject to hydrolysis) is 1. The number of carbonyl (C=O) groups is 3. The van der Waals surface area contributed by atoms with Gasteiger partial charge in [-0.05, 0) is 92.5 Å².